The van der Waals surface area contributed by atoms with Crippen LogP contribution in [0.2, 0.25) is 0 Å². The molecule has 0 aliphatic carbocycles. The molecule has 1 aliphatic rings. The van der Waals surface area contributed by atoms with Gasteiger partial charge in [-0.05, 0) is 44.1 Å². The number of nitrogens with zero attached hydrogens (tertiary/aromatic N) is 3. The Bertz CT molecular complexity index is 526. The fraction of sp³-hybridized carbons (Fsp3) is 0.533. The molecule has 1 N–H and O–H groups in total. The summed E-state index contributed by atoms with van der Waals surface area (Å²) in [5.74, 6) is 0. The number of aryl methyl sites for hydroxylation is 1. The lowest BCUT2D eigenvalue weighted by atomic mass is 10.1. The summed E-state index contributed by atoms with van der Waals surface area (Å²) in [7, 11) is 2.21. The van der Waals surface area contributed by atoms with Gasteiger partial charge in [-0.15, -0.1) is 0 Å². The largest absolute Gasteiger partial charge is 0.345 e. The minimum absolute atomic E-state index is 1.06. The fourth-order valence-electron chi connectivity index (χ4n) is 2.72. The maximum Gasteiger partial charge on any atom is 0.0931 e. The number of piperazine rings is 1. The lowest BCUT2D eigenvalue weighted by Crippen LogP contribution is -2.44. The van der Waals surface area contributed by atoms with Crippen LogP contribution in [0.3, 0.4) is 0 Å². The molecule has 4 nitrogen and oxygen atoms in total. The predicted molar refractivity (Wildman–Crippen MR) is 78.4 cm³/mol. The molecule has 0 saturated carbocycles. The van der Waals surface area contributed by atoms with Gasteiger partial charge in [0.25, 0.3) is 0 Å². The minimum atomic E-state index is 1.06. The second-order valence-electron chi connectivity index (χ2n) is 5.50. The predicted octanol–water partition coefficient (Wildman–Crippen LogP) is 1.74. The summed E-state index contributed by atoms with van der Waals surface area (Å²) in [6.07, 6.45) is 4.16. The van der Waals surface area contributed by atoms with Crippen LogP contribution in [0.5, 0.6) is 0 Å². The molecule has 0 bridgehead atoms. The van der Waals surface area contributed by atoms with Crippen molar-refractivity contribution in [1.82, 2.24) is 19.8 Å². The average molecular weight is 258 g/mol. The van der Waals surface area contributed by atoms with Gasteiger partial charge in [-0.25, -0.2) is 4.98 Å². The Morgan fingerprint density at radius 1 is 1.21 bits per heavy atom. The van der Waals surface area contributed by atoms with Crippen LogP contribution in [0.4, 0.5) is 0 Å². The van der Waals surface area contributed by atoms with Crippen molar-refractivity contribution >= 4 is 11.0 Å². The molecule has 0 atom stereocenters. The summed E-state index contributed by atoms with van der Waals surface area (Å²) in [5.41, 5.74) is 3.62. The third-order valence-corrected chi connectivity index (χ3v) is 4.02. The summed E-state index contributed by atoms with van der Waals surface area (Å²) in [5, 5.41) is 0. The van der Waals surface area contributed by atoms with Crippen LogP contribution in [-0.2, 0) is 6.42 Å². The van der Waals surface area contributed by atoms with Gasteiger partial charge in [0.1, 0.15) is 0 Å². The number of H-pyrrole nitrogens is 1. The highest BCUT2D eigenvalue weighted by molar-refractivity contribution is 5.74. The maximum absolute atomic E-state index is 4.25. The van der Waals surface area contributed by atoms with Crippen LogP contribution < -0.4 is 0 Å². The Labute approximate surface area is 114 Å². The monoisotopic (exact) mass is 258 g/mol. The number of aromatic amines is 1. The summed E-state index contributed by atoms with van der Waals surface area (Å²) in [6.45, 7) is 6.07. The number of rotatable bonds is 4. The van der Waals surface area contributed by atoms with Crippen LogP contribution >= 0.6 is 0 Å². The van der Waals surface area contributed by atoms with E-state index >= 15 is 0 Å². The van der Waals surface area contributed by atoms with E-state index in [-0.39, 0.29) is 0 Å². The van der Waals surface area contributed by atoms with Crippen LogP contribution in [0.1, 0.15) is 12.0 Å². The third kappa shape index (κ3) is 3.14. The SMILES string of the molecule is CN1CCN(CCCc2ccc3nc[nH]c3c2)CC1. The van der Waals surface area contributed by atoms with E-state index in [0.29, 0.717) is 0 Å². The summed E-state index contributed by atoms with van der Waals surface area (Å²) >= 11 is 0. The molecule has 0 radical (unpaired) electrons. The third-order valence-electron chi connectivity index (χ3n) is 4.02. The Kier molecular flexibility index (Phi) is 3.80. The topological polar surface area (TPSA) is 35.2 Å². The van der Waals surface area contributed by atoms with E-state index in [1.54, 1.807) is 6.33 Å². The number of likely N-dealkylation sites (N-methyl/N-ethyl adjacent to an activating group) is 1. The van der Waals surface area contributed by atoms with Gasteiger partial charge < -0.3 is 14.8 Å². The first-order chi connectivity index (χ1) is 9.31. The molecule has 2 aromatic rings. The van der Waals surface area contributed by atoms with Gasteiger partial charge in [0.2, 0.25) is 0 Å². The summed E-state index contributed by atoms with van der Waals surface area (Å²) < 4.78 is 0. The number of imidazole rings is 1. The van der Waals surface area contributed by atoms with Crippen molar-refractivity contribution in [3.05, 3.63) is 30.1 Å². The van der Waals surface area contributed by atoms with E-state index in [1.807, 2.05) is 0 Å². The molecular formula is C15H22N4. The van der Waals surface area contributed by atoms with Crippen LogP contribution in [0, 0.1) is 0 Å². The number of benzene rings is 1. The van der Waals surface area contributed by atoms with Crippen LogP contribution in [0.15, 0.2) is 24.5 Å². The Morgan fingerprint density at radius 3 is 2.89 bits per heavy atom. The molecule has 4 heteroatoms. The highest BCUT2D eigenvalue weighted by Gasteiger charge is 2.12. The van der Waals surface area contributed by atoms with Crippen LogP contribution in [0.25, 0.3) is 11.0 Å². The second kappa shape index (κ2) is 5.72. The number of nitrogens with one attached hydrogen (secondary N) is 1. The molecule has 3 rings (SSSR count). The van der Waals surface area contributed by atoms with E-state index in [2.05, 4.69) is 45.0 Å². The van der Waals surface area contributed by atoms with E-state index in [0.717, 1.165) is 17.5 Å². The maximum atomic E-state index is 4.25. The number of aromatic nitrogens is 2. The van der Waals surface area contributed by atoms with Crippen molar-refractivity contribution in [2.24, 2.45) is 0 Å². The Morgan fingerprint density at radius 2 is 2.05 bits per heavy atom. The molecule has 1 saturated heterocycles. The molecule has 1 aliphatic heterocycles. The lowest BCUT2D eigenvalue weighted by molar-refractivity contribution is 0.153. The standard InChI is InChI=1S/C15H22N4/c1-18-7-9-19(10-8-18)6-2-3-13-4-5-14-15(11-13)17-12-16-14/h4-5,11-12H,2-3,6-10H2,1H3,(H,16,17). The zero-order chi connectivity index (χ0) is 13.1. The number of fused-ring (bicyclic) bond motifs is 1. The average Bonchev–Trinajstić information content (AvgIpc) is 2.88. The van der Waals surface area contributed by atoms with Crippen LogP contribution in [-0.4, -0.2) is 59.5 Å². The summed E-state index contributed by atoms with van der Waals surface area (Å²) in [6, 6.07) is 6.54. The quantitative estimate of drug-likeness (QED) is 0.907. The van der Waals surface area contributed by atoms with Crippen molar-refractivity contribution in [1.29, 1.82) is 0 Å². The molecule has 1 aromatic heterocycles. The van der Waals surface area contributed by atoms with Gasteiger partial charge >= 0.3 is 0 Å². The minimum Gasteiger partial charge on any atom is -0.345 e. The van der Waals surface area contributed by atoms with Crippen molar-refractivity contribution in [2.75, 3.05) is 39.8 Å². The van der Waals surface area contributed by atoms with Gasteiger partial charge in [-0.2, -0.15) is 0 Å². The highest BCUT2D eigenvalue weighted by atomic mass is 15.2. The first-order valence-electron chi connectivity index (χ1n) is 7.14. The van der Waals surface area contributed by atoms with Gasteiger partial charge in [0, 0.05) is 26.2 Å². The first kappa shape index (κ1) is 12.6. The lowest BCUT2D eigenvalue weighted by Gasteiger charge is -2.32. The number of hydrogen-bond donors (Lipinski definition) is 1. The van der Waals surface area contributed by atoms with E-state index in [9.17, 15) is 0 Å². The first-order valence-corrected chi connectivity index (χ1v) is 7.14. The molecule has 1 aromatic carbocycles. The molecular weight excluding hydrogens is 236 g/mol. The molecule has 0 spiro atoms. The molecule has 1 fully saturated rings. The van der Waals surface area contributed by atoms with Gasteiger partial charge in [0.15, 0.2) is 0 Å². The normalized spacial score (nSPS) is 18.2. The van der Waals surface area contributed by atoms with Gasteiger partial charge in [-0.3, -0.25) is 0 Å². The van der Waals surface area contributed by atoms with Crippen molar-refractivity contribution < 1.29 is 0 Å². The Balaban J connectivity index is 1.49. The second-order valence-corrected chi connectivity index (χ2v) is 5.50. The van der Waals surface area contributed by atoms with E-state index in [1.165, 1.54) is 44.7 Å². The fourth-order valence-corrected chi connectivity index (χ4v) is 2.72. The van der Waals surface area contributed by atoms with Crippen molar-refractivity contribution in [3.8, 4) is 0 Å². The Hall–Kier alpha value is -1.39. The van der Waals surface area contributed by atoms with Gasteiger partial charge in [0.05, 0.1) is 17.4 Å². The highest BCUT2D eigenvalue weighted by Crippen LogP contribution is 2.13. The van der Waals surface area contributed by atoms with Crippen molar-refractivity contribution in [2.45, 2.75) is 12.8 Å². The van der Waals surface area contributed by atoms with Gasteiger partial charge in [-0.1, -0.05) is 6.07 Å². The molecule has 102 valence electrons. The zero-order valence-electron chi connectivity index (χ0n) is 11.6. The van der Waals surface area contributed by atoms with E-state index in [4.69, 9.17) is 0 Å². The smallest absolute Gasteiger partial charge is 0.0931 e. The molecule has 0 amide bonds. The zero-order valence-corrected chi connectivity index (χ0v) is 11.6. The number of hydrogen-bond acceptors (Lipinski definition) is 3. The summed E-state index contributed by atoms with van der Waals surface area (Å²) in [4.78, 5) is 12.4. The molecule has 0 unspecified atom stereocenters. The van der Waals surface area contributed by atoms with E-state index < -0.39 is 0 Å². The molecule has 2 heterocycles. The van der Waals surface area contributed by atoms with Crippen molar-refractivity contribution in [3.63, 3.8) is 0 Å². The molecule has 19 heavy (non-hydrogen) atoms.